The lowest BCUT2D eigenvalue weighted by atomic mass is 10.1. The van der Waals surface area contributed by atoms with Crippen LogP contribution in [0.4, 0.5) is 0 Å². The monoisotopic (exact) mass is 361 g/mol. The lowest BCUT2D eigenvalue weighted by molar-refractivity contribution is 0.604. The molecule has 130 valence electrons. The summed E-state index contributed by atoms with van der Waals surface area (Å²) in [7, 11) is 0. The first-order chi connectivity index (χ1) is 12.7. The van der Waals surface area contributed by atoms with E-state index in [2.05, 4.69) is 39.9 Å². The van der Waals surface area contributed by atoms with Gasteiger partial charge in [0, 0.05) is 23.7 Å². The summed E-state index contributed by atoms with van der Waals surface area (Å²) in [4.78, 5) is 18.3. The van der Waals surface area contributed by atoms with Crippen LogP contribution in [-0.2, 0) is 6.54 Å². The fraction of sp³-hybridized carbons (Fsp3) is 0.143. The van der Waals surface area contributed by atoms with Crippen LogP contribution >= 0.6 is 11.3 Å². The van der Waals surface area contributed by atoms with Gasteiger partial charge in [-0.15, -0.1) is 11.3 Å². The summed E-state index contributed by atoms with van der Waals surface area (Å²) in [5.41, 5.74) is 3.60. The molecule has 1 atom stereocenters. The third kappa shape index (κ3) is 3.45. The van der Waals surface area contributed by atoms with Gasteiger partial charge < -0.3 is 0 Å². The Morgan fingerprint density at radius 2 is 1.96 bits per heavy atom. The van der Waals surface area contributed by atoms with E-state index in [-0.39, 0.29) is 11.6 Å². The Labute approximate surface area is 155 Å². The number of benzene rings is 1. The average Bonchev–Trinajstić information content (AvgIpc) is 3.18. The molecule has 4 nitrogen and oxygen atoms in total. The molecular weight excluding hydrogens is 342 g/mol. The van der Waals surface area contributed by atoms with Crippen molar-refractivity contribution in [2.45, 2.75) is 19.5 Å². The molecule has 0 bridgehead atoms. The van der Waals surface area contributed by atoms with E-state index in [9.17, 15) is 4.79 Å². The zero-order valence-electron chi connectivity index (χ0n) is 14.4. The van der Waals surface area contributed by atoms with Gasteiger partial charge in [0.1, 0.15) is 5.65 Å². The zero-order chi connectivity index (χ0) is 17.9. The highest BCUT2D eigenvalue weighted by atomic mass is 32.1. The summed E-state index contributed by atoms with van der Waals surface area (Å²) in [6, 6.07) is 20.0. The van der Waals surface area contributed by atoms with Crippen molar-refractivity contribution in [1.82, 2.24) is 14.7 Å². The summed E-state index contributed by atoms with van der Waals surface area (Å²) in [5.74, 6) is 0. The number of nitrogens with one attached hydrogen (secondary N) is 1. The molecule has 0 spiro atoms. The third-order valence-electron chi connectivity index (χ3n) is 4.31. The van der Waals surface area contributed by atoms with Crippen LogP contribution in [0, 0.1) is 6.92 Å². The maximum absolute atomic E-state index is 12.4. The van der Waals surface area contributed by atoms with E-state index >= 15 is 0 Å². The topological polar surface area (TPSA) is 46.4 Å². The molecule has 0 aliphatic carbocycles. The highest BCUT2D eigenvalue weighted by Crippen LogP contribution is 2.26. The van der Waals surface area contributed by atoms with Gasteiger partial charge in [0.05, 0.1) is 11.7 Å². The van der Waals surface area contributed by atoms with Gasteiger partial charge >= 0.3 is 0 Å². The number of rotatable bonds is 5. The van der Waals surface area contributed by atoms with Crippen molar-refractivity contribution in [2.24, 2.45) is 0 Å². The minimum Gasteiger partial charge on any atom is -0.300 e. The first-order valence-electron chi connectivity index (χ1n) is 8.51. The molecule has 4 rings (SSSR count). The summed E-state index contributed by atoms with van der Waals surface area (Å²) in [5, 5.41) is 5.64. The molecule has 5 heteroatoms. The van der Waals surface area contributed by atoms with E-state index in [4.69, 9.17) is 0 Å². The standard InChI is InChI=1S/C21H19N3OS/c1-15-9-10-19-23-17(12-20(25)24(19)14-15)13-22-21(18-8-5-11-26-18)16-6-3-2-4-7-16/h2-12,14,21-22H,13H2,1H3. The van der Waals surface area contributed by atoms with Crippen LogP contribution in [0.15, 0.2) is 77.0 Å². The fourth-order valence-electron chi connectivity index (χ4n) is 3.04. The van der Waals surface area contributed by atoms with Gasteiger partial charge in [0.25, 0.3) is 5.56 Å². The van der Waals surface area contributed by atoms with Crippen LogP contribution < -0.4 is 10.9 Å². The molecule has 0 fully saturated rings. The summed E-state index contributed by atoms with van der Waals surface area (Å²) >= 11 is 1.72. The van der Waals surface area contributed by atoms with E-state index in [1.165, 1.54) is 10.4 Å². The van der Waals surface area contributed by atoms with Crippen molar-refractivity contribution < 1.29 is 0 Å². The van der Waals surface area contributed by atoms with E-state index < -0.39 is 0 Å². The van der Waals surface area contributed by atoms with Gasteiger partial charge in [-0.2, -0.15) is 0 Å². The van der Waals surface area contributed by atoms with Crippen LogP contribution in [0.3, 0.4) is 0 Å². The Bertz CT molecular complexity index is 1070. The van der Waals surface area contributed by atoms with Crippen LogP contribution in [0.5, 0.6) is 0 Å². The summed E-state index contributed by atoms with van der Waals surface area (Å²) < 4.78 is 1.59. The number of fused-ring (bicyclic) bond motifs is 1. The van der Waals surface area contributed by atoms with Crippen molar-refractivity contribution in [3.05, 3.63) is 104 Å². The van der Waals surface area contributed by atoms with Crippen LogP contribution in [0.25, 0.3) is 5.65 Å². The van der Waals surface area contributed by atoms with Gasteiger partial charge in [-0.25, -0.2) is 4.98 Å². The predicted octanol–water partition coefficient (Wildman–Crippen LogP) is 3.94. The highest BCUT2D eigenvalue weighted by Gasteiger charge is 2.15. The normalized spacial score (nSPS) is 12.3. The minimum absolute atomic E-state index is 0.0529. The van der Waals surface area contributed by atoms with Crippen molar-refractivity contribution in [2.75, 3.05) is 0 Å². The van der Waals surface area contributed by atoms with Crippen molar-refractivity contribution >= 4 is 17.0 Å². The number of hydrogen-bond acceptors (Lipinski definition) is 4. The molecule has 0 radical (unpaired) electrons. The molecule has 0 aliphatic rings. The molecule has 26 heavy (non-hydrogen) atoms. The van der Waals surface area contributed by atoms with Crippen LogP contribution in [0.2, 0.25) is 0 Å². The largest absolute Gasteiger partial charge is 0.300 e. The molecule has 4 aromatic rings. The third-order valence-corrected chi connectivity index (χ3v) is 5.25. The lowest BCUT2D eigenvalue weighted by Gasteiger charge is -2.18. The lowest BCUT2D eigenvalue weighted by Crippen LogP contribution is -2.24. The Morgan fingerprint density at radius 3 is 2.73 bits per heavy atom. The molecule has 1 unspecified atom stereocenters. The predicted molar refractivity (Wildman–Crippen MR) is 106 cm³/mol. The zero-order valence-corrected chi connectivity index (χ0v) is 15.2. The number of nitrogens with zero attached hydrogens (tertiary/aromatic N) is 2. The van der Waals surface area contributed by atoms with Crippen molar-refractivity contribution in [3.8, 4) is 0 Å². The number of hydrogen-bond donors (Lipinski definition) is 1. The number of thiophene rings is 1. The van der Waals surface area contributed by atoms with Gasteiger partial charge in [-0.3, -0.25) is 14.5 Å². The number of pyridine rings is 1. The Kier molecular flexibility index (Phi) is 4.65. The maximum Gasteiger partial charge on any atom is 0.258 e. The Balaban J connectivity index is 1.63. The Hall–Kier alpha value is -2.76. The van der Waals surface area contributed by atoms with Gasteiger partial charge in [0.15, 0.2) is 0 Å². The molecular formula is C21H19N3OS. The van der Waals surface area contributed by atoms with Crippen molar-refractivity contribution in [1.29, 1.82) is 0 Å². The molecule has 1 aromatic carbocycles. The van der Waals surface area contributed by atoms with E-state index in [1.807, 2.05) is 43.5 Å². The van der Waals surface area contributed by atoms with Gasteiger partial charge in [-0.1, -0.05) is 42.5 Å². The molecule has 0 amide bonds. The highest BCUT2D eigenvalue weighted by molar-refractivity contribution is 7.10. The van der Waals surface area contributed by atoms with Crippen molar-refractivity contribution in [3.63, 3.8) is 0 Å². The van der Waals surface area contributed by atoms with Crippen LogP contribution in [0.1, 0.15) is 27.7 Å². The first-order valence-corrected chi connectivity index (χ1v) is 9.39. The SMILES string of the molecule is Cc1ccc2nc(CNC(c3ccccc3)c3cccs3)cc(=O)n2c1. The Morgan fingerprint density at radius 1 is 1.12 bits per heavy atom. The summed E-state index contributed by atoms with van der Waals surface area (Å²) in [6.07, 6.45) is 1.82. The molecule has 0 saturated carbocycles. The average molecular weight is 361 g/mol. The fourth-order valence-corrected chi connectivity index (χ4v) is 3.87. The minimum atomic E-state index is -0.0529. The quantitative estimate of drug-likeness (QED) is 0.586. The van der Waals surface area contributed by atoms with Gasteiger partial charge in [0.2, 0.25) is 0 Å². The molecule has 1 N–H and O–H groups in total. The molecule has 0 saturated heterocycles. The second kappa shape index (κ2) is 7.23. The van der Waals surface area contributed by atoms with Gasteiger partial charge in [-0.05, 0) is 35.6 Å². The summed E-state index contributed by atoms with van der Waals surface area (Å²) in [6.45, 7) is 2.49. The number of aromatic nitrogens is 2. The smallest absolute Gasteiger partial charge is 0.258 e. The second-order valence-corrected chi connectivity index (χ2v) is 7.24. The van der Waals surface area contributed by atoms with E-state index in [0.717, 1.165) is 11.3 Å². The molecule has 0 aliphatic heterocycles. The van der Waals surface area contributed by atoms with E-state index in [1.54, 1.807) is 21.8 Å². The second-order valence-electron chi connectivity index (χ2n) is 6.26. The molecule has 3 aromatic heterocycles. The van der Waals surface area contributed by atoms with Crippen LogP contribution in [-0.4, -0.2) is 9.38 Å². The van der Waals surface area contributed by atoms with E-state index in [0.29, 0.717) is 12.2 Å². The molecule has 3 heterocycles. The maximum atomic E-state index is 12.4. The first kappa shape index (κ1) is 16.7. The number of aryl methyl sites for hydroxylation is 1.